The summed E-state index contributed by atoms with van der Waals surface area (Å²) in [7, 11) is 2.00. The van der Waals surface area contributed by atoms with E-state index in [9.17, 15) is 4.79 Å². The summed E-state index contributed by atoms with van der Waals surface area (Å²) in [5.74, 6) is 0.698. The van der Waals surface area contributed by atoms with Crippen LogP contribution in [0.1, 0.15) is 56.1 Å². The minimum absolute atomic E-state index is 0.155. The average molecular weight is 678 g/mol. The number of halogens is 1. The summed E-state index contributed by atoms with van der Waals surface area (Å²) in [6.07, 6.45) is 3.46. The SMILES string of the molecule is Cc1cc(OCCCc2c(C)n(Cc3ccc(C(=O)NSc4ccccn4)cc3)c3c(-c4c(C)nn(C)c4C)cccc23)cc(C)c1Cl. The minimum Gasteiger partial charge on any atom is -0.494 e. The highest BCUT2D eigenvalue weighted by Crippen LogP contribution is 2.38. The van der Waals surface area contributed by atoms with Gasteiger partial charge in [-0.1, -0.05) is 48.0 Å². The summed E-state index contributed by atoms with van der Waals surface area (Å²) in [5, 5.41) is 7.52. The number of ether oxygens (including phenoxy) is 1. The maximum atomic E-state index is 12.9. The topological polar surface area (TPSA) is 74.0 Å². The molecule has 3 aromatic carbocycles. The number of hydrogen-bond donors (Lipinski definition) is 1. The Labute approximate surface area is 291 Å². The predicted molar refractivity (Wildman–Crippen MR) is 196 cm³/mol. The van der Waals surface area contributed by atoms with Gasteiger partial charge >= 0.3 is 0 Å². The number of pyridine rings is 1. The first-order valence-corrected chi connectivity index (χ1v) is 17.3. The molecule has 7 nitrogen and oxygen atoms in total. The summed E-state index contributed by atoms with van der Waals surface area (Å²) < 4.78 is 13.5. The molecule has 9 heteroatoms. The molecule has 0 fully saturated rings. The second-order valence-electron chi connectivity index (χ2n) is 12.2. The van der Waals surface area contributed by atoms with Crippen molar-refractivity contribution in [3.63, 3.8) is 0 Å². The molecule has 0 saturated carbocycles. The number of carbonyl (C=O) groups excluding carboxylic acids is 1. The molecule has 0 atom stereocenters. The van der Waals surface area contributed by atoms with Crippen molar-refractivity contribution in [3.8, 4) is 16.9 Å². The fourth-order valence-electron chi connectivity index (χ4n) is 6.42. The van der Waals surface area contributed by atoms with Crippen molar-refractivity contribution in [2.24, 2.45) is 7.05 Å². The van der Waals surface area contributed by atoms with Crippen LogP contribution in [0.15, 0.2) is 84.0 Å². The van der Waals surface area contributed by atoms with Crippen LogP contribution >= 0.6 is 23.5 Å². The van der Waals surface area contributed by atoms with Crippen molar-refractivity contribution in [3.05, 3.63) is 129 Å². The Hall–Kier alpha value is -4.53. The van der Waals surface area contributed by atoms with Gasteiger partial charge in [0.25, 0.3) is 5.91 Å². The van der Waals surface area contributed by atoms with E-state index in [4.69, 9.17) is 21.4 Å². The zero-order valence-corrected chi connectivity index (χ0v) is 29.8. The van der Waals surface area contributed by atoms with E-state index in [1.54, 1.807) is 6.20 Å². The van der Waals surface area contributed by atoms with Crippen LogP contribution in [0.2, 0.25) is 5.02 Å². The van der Waals surface area contributed by atoms with Gasteiger partial charge in [0.05, 0.1) is 17.8 Å². The molecule has 0 aliphatic carbocycles. The van der Waals surface area contributed by atoms with Gasteiger partial charge in [-0.2, -0.15) is 5.10 Å². The van der Waals surface area contributed by atoms with E-state index in [0.29, 0.717) is 18.7 Å². The second-order valence-corrected chi connectivity index (χ2v) is 13.4. The Kier molecular flexibility index (Phi) is 9.94. The third-order valence-corrected chi connectivity index (χ3v) is 10.3. The maximum Gasteiger partial charge on any atom is 0.261 e. The Balaban J connectivity index is 1.29. The predicted octanol–water partition coefficient (Wildman–Crippen LogP) is 9.13. The monoisotopic (exact) mass is 677 g/mol. The molecule has 246 valence electrons. The number of hydrogen-bond acceptors (Lipinski definition) is 5. The molecule has 48 heavy (non-hydrogen) atoms. The third kappa shape index (κ3) is 6.86. The molecule has 0 saturated heterocycles. The first-order valence-electron chi connectivity index (χ1n) is 16.1. The first-order chi connectivity index (χ1) is 23.1. The minimum atomic E-state index is -0.155. The summed E-state index contributed by atoms with van der Waals surface area (Å²) in [6, 6.07) is 24.1. The number of rotatable bonds is 11. The van der Waals surface area contributed by atoms with Gasteiger partial charge in [0, 0.05) is 70.2 Å². The number of aryl methyl sites for hydroxylation is 5. The van der Waals surface area contributed by atoms with Crippen LogP contribution in [0, 0.1) is 34.6 Å². The third-order valence-electron chi connectivity index (χ3n) is 8.94. The second kappa shape index (κ2) is 14.3. The number of para-hydroxylation sites is 1. The molecule has 0 aliphatic heterocycles. The van der Waals surface area contributed by atoms with Crippen molar-refractivity contribution in [1.82, 2.24) is 24.1 Å². The van der Waals surface area contributed by atoms with E-state index in [1.807, 2.05) is 80.2 Å². The van der Waals surface area contributed by atoms with Crippen molar-refractivity contribution in [1.29, 1.82) is 0 Å². The smallest absolute Gasteiger partial charge is 0.261 e. The van der Waals surface area contributed by atoms with Gasteiger partial charge < -0.3 is 9.30 Å². The Morgan fingerprint density at radius 1 is 0.938 bits per heavy atom. The standard InChI is InChI=1S/C39H40ClN5O2S/c1-24-21-31(22-25(2)37(24)40)47-20-10-13-32-27(4)45(38-33(32)11-9-12-34(38)36-26(3)42-44(6)28(36)5)23-29-15-17-30(18-16-29)39(46)43-48-35-14-7-8-19-41-35/h7-9,11-12,14-19,21-22H,10,13,20,23H2,1-6H3,(H,43,46). The highest BCUT2D eigenvalue weighted by atomic mass is 35.5. The molecule has 1 N–H and O–H groups in total. The van der Waals surface area contributed by atoms with Gasteiger partial charge in [0.2, 0.25) is 0 Å². The molecular weight excluding hydrogens is 638 g/mol. The molecular formula is C39H40ClN5O2S. The van der Waals surface area contributed by atoms with E-state index in [0.717, 1.165) is 56.7 Å². The largest absolute Gasteiger partial charge is 0.494 e. The van der Waals surface area contributed by atoms with E-state index in [-0.39, 0.29) is 5.91 Å². The Morgan fingerprint density at radius 2 is 1.69 bits per heavy atom. The molecule has 6 aromatic rings. The van der Waals surface area contributed by atoms with Crippen LogP contribution in [0.5, 0.6) is 5.75 Å². The molecule has 3 aromatic heterocycles. The van der Waals surface area contributed by atoms with Gasteiger partial charge in [-0.25, -0.2) is 4.98 Å². The number of aromatic nitrogens is 4. The zero-order chi connectivity index (χ0) is 33.9. The Morgan fingerprint density at radius 3 is 2.35 bits per heavy atom. The van der Waals surface area contributed by atoms with Gasteiger partial charge in [0.1, 0.15) is 10.8 Å². The highest BCUT2D eigenvalue weighted by molar-refractivity contribution is 7.97. The number of amides is 1. The summed E-state index contributed by atoms with van der Waals surface area (Å²) in [6.45, 7) is 11.7. The summed E-state index contributed by atoms with van der Waals surface area (Å²) in [4.78, 5) is 17.1. The lowest BCUT2D eigenvalue weighted by Crippen LogP contribution is -2.16. The average Bonchev–Trinajstić information content (AvgIpc) is 3.50. The summed E-state index contributed by atoms with van der Waals surface area (Å²) in [5.41, 5.74) is 12.0. The van der Waals surface area contributed by atoms with Crippen LogP contribution in [0.25, 0.3) is 22.0 Å². The van der Waals surface area contributed by atoms with Crippen LogP contribution in [0.3, 0.4) is 0 Å². The van der Waals surface area contributed by atoms with Crippen LogP contribution in [-0.2, 0) is 20.0 Å². The lowest BCUT2D eigenvalue weighted by molar-refractivity contribution is 0.0984. The van der Waals surface area contributed by atoms with Crippen molar-refractivity contribution >= 4 is 40.4 Å². The number of benzene rings is 3. The molecule has 1 amide bonds. The lowest BCUT2D eigenvalue weighted by atomic mass is 9.98. The fraction of sp³-hybridized carbons (Fsp3) is 0.256. The van der Waals surface area contributed by atoms with Gasteiger partial charge in [-0.3, -0.25) is 14.2 Å². The van der Waals surface area contributed by atoms with E-state index >= 15 is 0 Å². The molecule has 0 unspecified atom stereocenters. The number of nitrogens with one attached hydrogen (secondary N) is 1. The first kappa shape index (κ1) is 33.4. The van der Waals surface area contributed by atoms with Crippen LogP contribution < -0.4 is 9.46 Å². The lowest BCUT2D eigenvalue weighted by Gasteiger charge is -2.13. The van der Waals surface area contributed by atoms with Gasteiger partial charge in [-0.05, 0) is 106 Å². The molecule has 0 radical (unpaired) electrons. The van der Waals surface area contributed by atoms with Crippen molar-refractivity contribution in [2.75, 3.05) is 6.61 Å². The number of nitrogens with zero attached hydrogens (tertiary/aromatic N) is 4. The maximum absolute atomic E-state index is 12.9. The van der Waals surface area contributed by atoms with Crippen LogP contribution in [0.4, 0.5) is 0 Å². The van der Waals surface area contributed by atoms with E-state index in [1.165, 1.54) is 45.2 Å². The normalized spacial score (nSPS) is 11.3. The Bertz CT molecular complexity index is 2080. The molecule has 6 rings (SSSR count). The molecule has 0 bridgehead atoms. The highest BCUT2D eigenvalue weighted by Gasteiger charge is 2.21. The fourth-order valence-corrected chi connectivity index (χ4v) is 7.10. The van der Waals surface area contributed by atoms with Gasteiger partial charge in [-0.15, -0.1) is 0 Å². The molecule has 0 spiro atoms. The summed E-state index contributed by atoms with van der Waals surface area (Å²) >= 11 is 7.59. The van der Waals surface area contributed by atoms with Crippen molar-refractivity contribution in [2.45, 2.75) is 59.0 Å². The quantitative estimate of drug-likeness (QED) is 0.109. The van der Waals surface area contributed by atoms with Gasteiger partial charge in [0.15, 0.2) is 0 Å². The van der Waals surface area contributed by atoms with E-state index < -0.39 is 0 Å². The van der Waals surface area contributed by atoms with E-state index in [2.05, 4.69) is 53.2 Å². The zero-order valence-electron chi connectivity index (χ0n) is 28.2. The van der Waals surface area contributed by atoms with Crippen LogP contribution in [-0.4, -0.2) is 31.8 Å². The molecule has 0 aliphatic rings. The molecule has 3 heterocycles. The van der Waals surface area contributed by atoms with Crippen molar-refractivity contribution < 1.29 is 9.53 Å². The number of carbonyl (C=O) groups is 1. The number of fused-ring (bicyclic) bond motifs is 1.